The molecule has 0 fully saturated rings. The minimum atomic E-state index is 0.581. The number of nitrogens with two attached hydrogens (primary N) is 1. The maximum absolute atomic E-state index is 6.03. The van der Waals surface area contributed by atoms with E-state index in [0.29, 0.717) is 5.82 Å². The second kappa shape index (κ2) is 5.27. The van der Waals surface area contributed by atoms with Crippen molar-refractivity contribution in [3.05, 3.63) is 32.4 Å². The lowest BCUT2D eigenvalue weighted by Gasteiger charge is -2.06. The Morgan fingerprint density at radius 2 is 2.24 bits per heavy atom. The lowest BCUT2D eigenvalue weighted by atomic mass is 10.0. The number of aromatic nitrogens is 2. The molecule has 2 aromatic rings. The molecule has 0 aliphatic carbocycles. The van der Waals surface area contributed by atoms with Crippen LogP contribution in [0.1, 0.15) is 18.9 Å². The monoisotopic (exact) mass is 361 g/mol. The van der Waals surface area contributed by atoms with Crippen LogP contribution in [0.15, 0.2) is 18.2 Å². The lowest BCUT2D eigenvalue weighted by Crippen LogP contribution is -1.93. The van der Waals surface area contributed by atoms with Gasteiger partial charge in [-0.25, -0.2) is 0 Å². The van der Waals surface area contributed by atoms with Gasteiger partial charge in [0.2, 0.25) is 0 Å². The molecule has 17 heavy (non-hydrogen) atoms. The second-order valence-corrected chi connectivity index (χ2v) is 5.44. The van der Waals surface area contributed by atoms with E-state index in [1.165, 1.54) is 0 Å². The van der Waals surface area contributed by atoms with Crippen LogP contribution in [0, 0.1) is 3.57 Å². The molecule has 0 saturated heterocycles. The highest BCUT2D eigenvalue weighted by Crippen LogP contribution is 2.31. The Hall–Kier alpha value is -0.750. The number of aromatic amines is 1. The van der Waals surface area contributed by atoms with Crippen LogP contribution in [0.5, 0.6) is 0 Å². The molecule has 2 rings (SSSR count). The van der Waals surface area contributed by atoms with Crippen LogP contribution < -0.4 is 5.73 Å². The fraction of sp³-hybridized carbons (Fsp3) is 0.250. The van der Waals surface area contributed by atoms with E-state index in [-0.39, 0.29) is 0 Å². The van der Waals surface area contributed by atoms with E-state index in [0.717, 1.165) is 38.3 Å². The highest BCUT2D eigenvalue weighted by atomic mass is 127. The van der Waals surface area contributed by atoms with E-state index >= 15 is 0 Å². The van der Waals surface area contributed by atoms with Gasteiger partial charge in [0, 0.05) is 19.7 Å². The van der Waals surface area contributed by atoms with Crippen molar-refractivity contribution in [2.45, 2.75) is 19.8 Å². The number of hydrogen-bond donors (Lipinski definition) is 2. The number of benzene rings is 1. The molecule has 90 valence electrons. The third-order valence-corrected chi connectivity index (χ3v) is 3.77. The molecule has 0 spiro atoms. The zero-order chi connectivity index (χ0) is 12.4. The first-order chi connectivity index (χ1) is 8.13. The topological polar surface area (TPSA) is 54.7 Å². The molecule has 0 saturated carbocycles. The highest BCUT2D eigenvalue weighted by molar-refractivity contribution is 14.1. The minimum Gasteiger partial charge on any atom is -0.382 e. The average molecular weight is 362 g/mol. The Kier molecular flexibility index (Phi) is 3.93. The highest BCUT2D eigenvalue weighted by Gasteiger charge is 2.14. The van der Waals surface area contributed by atoms with E-state index in [1.807, 2.05) is 18.2 Å². The third kappa shape index (κ3) is 2.57. The maximum atomic E-state index is 6.03. The molecule has 3 N–H and O–H groups in total. The predicted octanol–water partition coefficient (Wildman–Crippen LogP) is 3.87. The molecule has 0 aliphatic rings. The van der Waals surface area contributed by atoms with Crippen LogP contribution in [0.4, 0.5) is 5.82 Å². The molecule has 0 aliphatic heterocycles. The number of hydrogen-bond acceptors (Lipinski definition) is 2. The predicted molar refractivity (Wildman–Crippen MR) is 80.2 cm³/mol. The van der Waals surface area contributed by atoms with Crippen molar-refractivity contribution in [3.8, 4) is 11.3 Å². The Bertz CT molecular complexity index is 537. The number of H-pyrrole nitrogens is 1. The van der Waals surface area contributed by atoms with Crippen molar-refractivity contribution in [1.82, 2.24) is 10.2 Å². The van der Waals surface area contributed by atoms with Crippen LogP contribution in [0.25, 0.3) is 11.3 Å². The van der Waals surface area contributed by atoms with E-state index in [9.17, 15) is 0 Å². The molecule has 1 aromatic heterocycles. The van der Waals surface area contributed by atoms with E-state index in [2.05, 4.69) is 39.7 Å². The zero-order valence-electron chi connectivity index (χ0n) is 9.43. The van der Waals surface area contributed by atoms with Crippen molar-refractivity contribution < 1.29 is 0 Å². The van der Waals surface area contributed by atoms with Crippen LogP contribution in [0.3, 0.4) is 0 Å². The van der Waals surface area contributed by atoms with Crippen molar-refractivity contribution in [1.29, 1.82) is 0 Å². The van der Waals surface area contributed by atoms with Crippen molar-refractivity contribution in [2.75, 3.05) is 5.73 Å². The molecule has 5 heteroatoms. The van der Waals surface area contributed by atoms with Crippen LogP contribution in [-0.4, -0.2) is 10.2 Å². The SMILES string of the molecule is CCCc1c(N)n[nH]c1-c1cc(Cl)ccc1I. The quantitative estimate of drug-likeness (QED) is 0.815. The molecular formula is C12H13ClIN3. The molecule has 1 heterocycles. The van der Waals surface area contributed by atoms with Gasteiger partial charge in [-0.3, -0.25) is 5.10 Å². The largest absolute Gasteiger partial charge is 0.382 e. The van der Waals surface area contributed by atoms with Crippen LogP contribution in [0.2, 0.25) is 5.02 Å². The van der Waals surface area contributed by atoms with Gasteiger partial charge in [0.15, 0.2) is 0 Å². The summed E-state index contributed by atoms with van der Waals surface area (Å²) in [5.41, 5.74) is 9.00. The van der Waals surface area contributed by atoms with Gasteiger partial charge in [0.1, 0.15) is 5.82 Å². The van der Waals surface area contributed by atoms with Gasteiger partial charge in [0.25, 0.3) is 0 Å². The van der Waals surface area contributed by atoms with E-state index in [1.54, 1.807) is 0 Å². The average Bonchev–Trinajstić information content (AvgIpc) is 2.65. The van der Waals surface area contributed by atoms with Gasteiger partial charge in [-0.05, 0) is 47.2 Å². The minimum absolute atomic E-state index is 0.581. The normalized spacial score (nSPS) is 10.8. The Labute approximate surface area is 119 Å². The van der Waals surface area contributed by atoms with Crippen molar-refractivity contribution >= 4 is 40.0 Å². The first kappa shape index (κ1) is 12.7. The first-order valence-electron chi connectivity index (χ1n) is 5.41. The summed E-state index contributed by atoms with van der Waals surface area (Å²) in [4.78, 5) is 0. The number of anilines is 1. The molecular weight excluding hydrogens is 349 g/mol. The molecule has 0 unspecified atom stereocenters. The lowest BCUT2D eigenvalue weighted by molar-refractivity contribution is 0.927. The Morgan fingerprint density at radius 1 is 1.47 bits per heavy atom. The Morgan fingerprint density at radius 3 is 2.94 bits per heavy atom. The number of nitrogens with zero attached hydrogens (tertiary/aromatic N) is 1. The molecule has 0 bridgehead atoms. The summed E-state index contributed by atoms with van der Waals surface area (Å²) < 4.78 is 1.13. The molecule has 1 aromatic carbocycles. The number of nitrogens with one attached hydrogen (secondary N) is 1. The molecule has 0 atom stereocenters. The third-order valence-electron chi connectivity index (χ3n) is 2.60. The van der Waals surface area contributed by atoms with Gasteiger partial charge >= 0.3 is 0 Å². The smallest absolute Gasteiger partial charge is 0.149 e. The number of nitrogen functional groups attached to an aromatic ring is 1. The molecule has 0 amide bonds. The van der Waals surface area contributed by atoms with Gasteiger partial charge in [-0.1, -0.05) is 24.9 Å². The van der Waals surface area contributed by atoms with Crippen molar-refractivity contribution in [2.24, 2.45) is 0 Å². The summed E-state index contributed by atoms with van der Waals surface area (Å²) >= 11 is 8.32. The first-order valence-corrected chi connectivity index (χ1v) is 6.87. The van der Waals surface area contributed by atoms with Gasteiger partial charge in [-0.2, -0.15) is 5.10 Å². The van der Waals surface area contributed by atoms with Crippen LogP contribution in [-0.2, 0) is 6.42 Å². The summed E-state index contributed by atoms with van der Waals surface area (Å²) in [5.74, 6) is 0.581. The maximum Gasteiger partial charge on any atom is 0.149 e. The number of rotatable bonds is 3. The summed E-state index contributed by atoms with van der Waals surface area (Å²) in [5, 5.41) is 7.81. The fourth-order valence-electron chi connectivity index (χ4n) is 1.79. The number of halogens is 2. The summed E-state index contributed by atoms with van der Waals surface area (Å²) in [7, 11) is 0. The summed E-state index contributed by atoms with van der Waals surface area (Å²) in [6.07, 6.45) is 1.95. The van der Waals surface area contributed by atoms with Crippen molar-refractivity contribution in [3.63, 3.8) is 0 Å². The summed E-state index contributed by atoms with van der Waals surface area (Å²) in [6.45, 7) is 2.12. The fourth-order valence-corrected chi connectivity index (χ4v) is 2.57. The summed E-state index contributed by atoms with van der Waals surface area (Å²) in [6, 6.07) is 5.81. The Balaban J connectivity index is 2.56. The van der Waals surface area contributed by atoms with E-state index in [4.69, 9.17) is 17.3 Å². The second-order valence-electron chi connectivity index (χ2n) is 3.84. The standard InChI is InChI=1S/C12H13ClIN3/c1-2-3-8-11(16-17-12(8)15)9-6-7(13)4-5-10(9)14/h4-6H,2-3H2,1H3,(H3,15,16,17). The zero-order valence-corrected chi connectivity index (χ0v) is 12.3. The van der Waals surface area contributed by atoms with Gasteiger partial charge in [0.05, 0.1) is 5.69 Å². The molecule has 0 radical (unpaired) electrons. The van der Waals surface area contributed by atoms with Crippen LogP contribution >= 0.6 is 34.2 Å². The van der Waals surface area contributed by atoms with E-state index < -0.39 is 0 Å². The van der Waals surface area contributed by atoms with Gasteiger partial charge < -0.3 is 5.73 Å². The van der Waals surface area contributed by atoms with Gasteiger partial charge in [-0.15, -0.1) is 0 Å². The molecule has 3 nitrogen and oxygen atoms in total.